The van der Waals surface area contributed by atoms with E-state index in [-0.39, 0.29) is 5.91 Å². The molecule has 2 N–H and O–H groups in total. The van der Waals surface area contributed by atoms with Gasteiger partial charge in [-0.05, 0) is 50.5 Å². The molecule has 1 saturated heterocycles. The molecule has 1 amide bonds. The van der Waals surface area contributed by atoms with Crippen molar-refractivity contribution in [2.24, 2.45) is 5.92 Å². The summed E-state index contributed by atoms with van der Waals surface area (Å²) in [5, 5.41) is 0. The van der Waals surface area contributed by atoms with Gasteiger partial charge in [-0.15, -0.1) is 0 Å². The van der Waals surface area contributed by atoms with Gasteiger partial charge in [-0.25, -0.2) is 4.79 Å². The van der Waals surface area contributed by atoms with Crippen molar-refractivity contribution >= 4 is 5.91 Å². The first kappa shape index (κ1) is 19.1. The molecule has 1 aliphatic heterocycles. The summed E-state index contributed by atoms with van der Waals surface area (Å²) in [7, 11) is 0. The van der Waals surface area contributed by atoms with Crippen molar-refractivity contribution in [1.29, 1.82) is 0 Å². The summed E-state index contributed by atoms with van der Waals surface area (Å²) in [4.78, 5) is 42.3. The number of aromatic amines is 2. The van der Waals surface area contributed by atoms with Gasteiger partial charge in [0, 0.05) is 30.8 Å². The van der Waals surface area contributed by atoms with Crippen molar-refractivity contribution < 1.29 is 4.79 Å². The minimum Gasteiger partial charge on any atom is -0.343 e. The van der Waals surface area contributed by atoms with Crippen LogP contribution in [0.2, 0.25) is 0 Å². The van der Waals surface area contributed by atoms with E-state index >= 15 is 0 Å². The summed E-state index contributed by atoms with van der Waals surface area (Å²) in [6.45, 7) is 3.27. The van der Waals surface area contributed by atoms with E-state index in [4.69, 9.17) is 0 Å². The van der Waals surface area contributed by atoms with Gasteiger partial charge in [0.25, 0.3) is 5.56 Å². The number of aryl methyl sites for hydroxylation is 2. The zero-order chi connectivity index (χ0) is 19.2. The van der Waals surface area contributed by atoms with Crippen molar-refractivity contribution in [3.05, 3.63) is 68.0 Å². The molecule has 0 bridgehead atoms. The smallest absolute Gasteiger partial charge is 0.325 e. The van der Waals surface area contributed by atoms with E-state index in [2.05, 4.69) is 34.2 Å². The van der Waals surface area contributed by atoms with Crippen LogP contribution < -0.4 is 11.2 Å². The molecule has 6 heteroatoms. The Kier molecular flexibility index (Phi) is 6.27. The molecule has 1 aromatic heterocycles. The minimum atomic E-state index is -0.509. The van der Waals surface area contributed by atoms with E-state index in [0.29, 0.717) is 30.0 Å². The molecule has 0 atom stereocenters. The number of amides is 1. The number of likely N-dealkylation sites (tertiary alicyclic amines) is 1. The Bertz CT molecular complexity index is 878. The quantitative estimate of drug-likeness (QED) is 0.818. The first-order chi connectivity index (χ1) is 13.0. The zero-order valence-electron chi connectivity index (χ0n) is 15.8. The molecule has 2 aromatic rings. The molecule has 0 aliphatic carbocycles. The van der Waals surface area contributed by atoms with Crippen LogP contribution in [0, 0.1) is 12.8 Å². The van der Waals surface area contributed by atoms with Crippen LogP contribution in [0.25, 0.3) is 0 Å². The fraction of sp³-hybridized carbons (Fsp3) is 0.476. The summed E-state index contributed by atoms with van der Waals surface area (Å²) < 4.78 is 0. The molecule has 27 heavy (non-hydrogen) atoms. The van der Waals surface area contributed by atoms with Gasteiger partial charge in [0.15, 0.2) is 0 Å². The number of carbonyl (C=O) groups excluding carboxylic acids is 1. The van der Waals surface area contributed by atoms with Crippen LogP contribution in [-0.4, -0.2) is 33.9 Å². The highest BCUT2D eigenvalue weighted by atomic mass is 16.2. The van der Waals surface area contributed by atoms with E-state index in [1.807, 2.05) is 11.0 Å². The summed E-state index contributed by atoms with van der Waals surface area (Å²) in [6.07, 6.45) is 4.98. The van der Waals surface area contributed by atoms with Gasteiger partial charge in [-0.3, -0.25) is 14.6 Å². The Morgan fingerprint density at radius 3 is 2.44 bits per heavy atom. The summed E-state index contributed by atoms with van der Waals surface area (Å²) in [5.74, 6) is 0.750. The Morgan fingerprint density at radius 1 is 1.07 bits per heavy atom. The maximum Gasteiger partial charge on any atom is 0.325 e. The van der Waals surface area contributed by atoms with Crippen molar-refractivity contribution in [3.8, 4) is 0 Å². The molecule has 0 spiro atoms. The van der Waals surface area contributed by atoms with Gasteiger partial charge in [0.2, 0.25) is 5.91 Å². The molecule has 0 unspecified atom stereocenters. The monoisotopic (exact) mass is 369 g/mol. The van der Waals surface area contributed by atoms with Gasteiger partial charge in [0.05, 0.1) is 0 Å². The first-order valence-corrected chi connectivity index (χ1v) is 9.66. The van der Waals surface area contributed by atoms with Crippen molar-refractivity contribution in [2.45, 2.75) is 45.4 Å². The number of benzene rings is 1. The van der Waals surface area contributed by atoms with Crippen molar-refractivity contribution in [1.82, 2.24) is 14.9 Å². The van der Waals surface area contributed by atoms with Crippen LogP contribution in [-0.2, 0) is 17.6 Å². The Hall–Kier alpha value is -2.63. The fourth-order valence-corrected chi connectivity index (χ4v) is 3.80. The lowest BCUT2D eigenvalue weighted by Gasteiger charge is -2.32. The Balaban J connectivity index is 1.45. The summed E-state index contributed by atoms with van der Waals surface area (Å²) in [5.41, 5.74) is 1.49. The number of rotatable bonds is 6. The standard InChI is InChI=1S/C21H27N3O3/c1-15-18(20(26)23-21(27)22-15)9-10-19(25)24-13-11-17(12-14-24)8-7-16-5-3-2-4-6-16/h2-6,17H,7-14H2,1H3,(H2,22,23,26,27). The van der Waals surface area contributed by atoms with Gasteiger partial charge in [-0.1, -0.05) is 30.3 Å². The fourth-order valence-electron chi connectivity index (χ4n) is 3.80. The third kappa shape index (κ3) is 5.18. The number of nitrogens with zero attached hydrogens (tertiary/aromatic N) is 1. The molecular weight excluding hydrogens is 342 g/mol. The largest absolute Gasteiger partial charge is 0.343 e. The maximum absolute atomic E-state index is 12.5. The van der Waals surface area contributed by atoms with E-state index in [1.54, 1.807) is 6.92 Å². The van der Waals surface area contributed by atoms with Gasteiger partial charge in [-0.2, -0.15) is 0 Å². The molecule has 3 rings (SSSR count). The molecule has 1 fully saturated rings. The number of hydrogen-bond acceptors (Lipinski definition) is 3. The molecule has 2 heterocycles. The van der Waals surface area contributed by atoms with E-state index < -0.39 is 11.2 Å². The van der Waals surface area contributed by atoms with E-state index in [9.17, 15) is 14.4 Å². The van der Waals surface area contributed by atoms with Gasteiger partial charge >= 0.3 is 5.69 Å². The maximum atomic E-state index is 12.5. The lowest BCUT2D eigenvalue weighted by molar-refractivity contribution is -0.132. The van der Waals surface area contributed by atoms with Crippen LogP contribution >= 0.6 is 0 Å². The molecule has 144 valence electrons. The topological polar surface area (TPSA) is 86.0 Å². The summed E-state index contributed by atoms with van der Waals surface area (Å²) >= 11 is 0. The highest BCUT2D eigenvalue weighted by Gasteiger charge is 2.22. The van der Waals surface area contributed by atoms with Crippen LogP contribution in [0.15, 0.2) is 39.9 Å². The second kappa shape index (κ2) is 8.84. The van der Waals surface area contributed by atoms with Crippen LogP contribution in [0.1, 0.15) is 42.5 Å². The lowest BCUT2D eigenvalue weighted by atomic mass is 9.90. The van der Waals surface area contributed by atoms with Crippen molar-refractivity contribution in [2.75, 3.05) is 13.1 Å². The second-order valence-corrected chi connectivity index (χ2v) is 7.36. The van der Waals surface area contributed by atoms with E-state index in [0.717, 1.165) is 38.8 Å². The first-order valence-electron chi connectivity index (χ1n) is 9.66. The van der Waals surface area contributed by atoms with Crippen molar-refractivity contribution in [3.63, 3.8) is 0 Å². The predicted octanol–water partition coefficient (Wildman–Crippen LogP) is 2.18. The molecular formula is C21H27N3O3. The number of nitrogens with one attached hydrogen (secondary N) is 2. The highest BCUT2D eigenvalue weighted by molar-refractivity contribution is 5.76. The van der Waals surface area contributed by atoms with Gasteiger partial charge < -0.3 is 9.88 Å². The average molecular weight is 369 g/mol. The second-order valence-electron chi connectivity index (χ2n) is 7.36. The third-order valence-corrected chi connectivity index (χ3v) is 5.50. The molecule has 1 aromatic carbocycles. The third-order valence-electron chi connectivity index (χ3n) is 5.50. The van der Waals surface area contributed by atoms with Gasteiger partial charge in [0.1, 0.15) is 0 Å². The minimum absolute atomic E-state index is 0.0847. The lowest BCUT2D eigenvalue weighted by Crippen LogP contribution is -2.39. The number of carbonyl (C=O) groups is 1. The Labute approximate surface area is 158 Å². The van der Waals surface area contributed by atoms with Crippen LogP contribution in [0.5, 0.6) is 0 Å². The number of aromatic nitrogens is 2. The zero-order valence-corrected chi connectivity index (χ0v) is 15.8. The van der Waals surface area contributed by atoms with E-state index in [1.165, 1.54) is 5.56 Å². The average Bonchev–Trinajstić information content (AvgIpc) is 2.66. The molecule has 1 aliphatic rings. The summed E-state index contributed by atoms with van der Waals surface area (Å²) in [6, 6.07) is 10.5. The van der Waals surface area contributed by atoms with Crippen LogP contribution in [0.3, 0.4) is 0 Å². The SMILES string of the molecule is Cc1[nH]c(=O)[nH]c(=O)c1CCC(=O)N1CCC(CCc2ccccc2)CC1. The normalized spacial score (nSPS) is 15.1. The highest BCUT2D eigenvalue weighted by Crippen LogP contribution is 2.23. The molecule has 0 radical (unpaired) electrons. The predicted molar refractivity (Wildman–Crippen MR) is 105 cm³/mol. The number of H-pyrrole nitrogens is 2. The van der Waals surface area contributed by atoms with Crippen LogP contribution in [0.4, 0.5) is 0 Å². The number of piperidine rings is 1. The Morgan fingerprint density at radius 2 is 1.78 bits per heavy atom. The molecule has 6 nitrogen and oxygen atoms in total. The number of hydrogen-bond donors (Lipinski definition) is 2. The molecule has 0 saturated carbocycles.